The number of halogens is 1. The molecule has 21 heavy (non-hydrogen) atoms. The van der Waals surface area contributed by atoms with Gasteiger partial charge in [-0.15, -0.1) is 11.8 Å². The van der Waals surface area contributed by atoms with Crippen LogP contribution in [0.3, 0.4) is 0 Å². The fourth-order valence-corrected chi connectivity index (χ4v) is 4.57. The Balaban J connectivity index is 1.65. The lowest BCUT2D eigenvalue weighted by Crippen LogP contribution is -2.30. The summed E-state index contributed by atoms with van der Waals surface area (Å²) >= 11 is 8.33. The zero-order valence-corrected chi connectivity index (χ0v) is 14.0. The summed E-state index contributed by atoms with van der Waals surface area (Å²) in [6, 6.07) is 17.2. The summed E-state index contributed by atoms with van der Waals surface area (Å²) in [6.45, 7) is 3.31. The van der Waals surface area contributed by atoms with Crippen molar-refractivity contribution in [3.8, 4) is 0 Å². The van der Waals surface area contributed by atoms with E-state index in [9.17, 15) is 0 Å². The third kappa shape index (κ3) is 3.28. The largest absolute Gasteiger partial charge is 0.298 e. The minimum Gasteiger partial charge on any atom is -0.298 e. The van der Waals surface area contributed by atoms with E-state index < -0.39 is 0 Å². The van der Waals surface area contributed by atoms with Crippen LogP contribution in [0.2, 0.25) is 5.02 Å². The van der Waals surface area contributed by atoms with Gasteiger partial charge in [0.25, 0.3) is 0 Å². The third-order valence-electron chi connectivity index (χ3n) is 4.22. The van der Waals surface area contributed by atoms with Crippen LogP contribution in [0.15, 0.2) is 53.4 Å². The molecule has 3 rings (SSSR count). The molecule has 2 atom stereocenters. The van der Waals surface area contributed by atoms with E-state index >= 15 is 0 Å². The van der Waals surface area contributed by atoms with E-state index in [2.05, 4.69) is 55.3 Å². The van der Waals surface area contributed by atoms with E-state index in [0.717, 1.165) is 11.6 Å². The molecule has 0 aromatic heterocycles. The van der Waals surface area contributed by atoms with Gasteiger partial charge in [0.1, 0.15) is 0 Å². The Morgan fingerprint density at radius 1 is 1.19 bits per heavy atom. The monoisotopic (exact) mass is 317 g/mol. The molecule has 2 unspecified atom stereocenters. The summed E-state index contributed by atoms with van der Waals surface area (Å²) in [5, 5.41) is 1.50. The molecule has 1 aliphatic heterocycles. The topological polar surface area (TPSA) is 3.24 Å². The van der Waals surface area contributed by atoms with Gasteiger partial charge in [-0.25, -0.2) is 0 Å². The van der Waals surface area contributed by atoms with Crippen molar-refractivity contribution in [1.29, 1.82) is 0 Å². The van der Waals surface area contributed by atoms with Crippen LogP contribution in [0.25, 0.3) is 0 Å². The number of hydrogen-bond donors (Lipinski definition) is 0. The van der Waals surface area contributed by atoms with Gasteiger partial charge < -0.3 is 0 Å². The van der Waals surface area contributed by atoms with Crippen LogP contribution >= 0.6 is 23.4 Å². The number of hydrogen-bond acceptors (Lipinski definition) is 2. The first kappa shape index (κ1) is 15.0. The average molecular weight is 318 g/mol. The second-order valence-electron chi connectivity index (χ2n) is 5.69. The minimum absolute atomic E-state index is 0.336. The van der Waals surface area contributed by atoms with Gasteiger partial charge in [-0.3, -0.25) is 4.90 Å². The predicted octanol–water partition coefficient (Wildman–Crippen LogP) is 5.05. The fourth-order valence-electron chi connectivity index (χ4n) is 2.89. The highest BCUT2D eigenvalue weighted by atomic mass is 35.5. The molecule has 0 amide bonds. The Labute approximate surface area is 136 Å². The second kappa shape index (κ2) is 6.43. The smallest absolute Gasteiger partial charge is 0.0453 e. The second-order valence-corrected chi connectivity index (χ2v) is 7.44. The Morgan fingerprint density at radius 3 is 2.67 bits per heavy atom. The number of benzene rings is 2. The molecule has 1 aliphatic rings. The van der Waals surface area contributed by atoms with Gasteiger partial charge in [0, 0.05) is 27.8 Å². The summed E-state index contributed by atoms with van der Waals surface area (Å²) in [7, 11) is 2.19. The van der Waals surface area contributed by atoms with E-state index in [4.69, 9.17) is 11.6 Å². The number of nitrogens with zero attached hydrogens (tertiary/aromatic N) is 1. The van der Waals surface area contributed by atoms with E-state index in [1.165, 1.54) is 22.4 Å². The van der Waals surface area contributed by atoms with E-state index in [0.29, 0.717) is 11.3 Å². The van der Waals surface area contributed by atoms with Crippen LogP contribution in [0.4, 0.5) is 0 Å². The quantitative estimate of drug-likeness (QED) is 0.776. The van der Waals surface area contributed by atoms with Crippen molar-refractivity contribution in [2.24, 2.45) is 0 Å². The summed E-state index contributed by atoms with van der Waals surface area (Å²) in [4.78, 5) is 3.85. The first-order valence-corrected chi connectivity index (χ1v) is 8.60. The maximum absolute atomic E-state index is 6.32. The molecule has 0 spiro atoms. The van der Waals surface area contributed by atoms with E-state index in [-0.39, 0.29) is 0 Å². The third-order valence-corrected chi connectivity index (χ3v) is 5.87. The van der Waals surface area contributed by atoms with E-state index in [1.54, 1.807) is 0 Å². The summed E-state index contributed by atoms with van der Waals surface area (Å²) in [5.74, 6) is 0. The molecule has 0 fully saturated rings. The number of rotatable bonds is 4. The molecule has 1 nitrogen and oxygen atoms in total. The van der Waals surface area contributed by atoms with Crippen LogP contribution in [0.5, 0.6) is 0 Å². The first-order chi connectivity index (χ1) is 10.1. The highest BCUT2D eigenvalue weighted by Gasteiger charge is 2.25. The van der Waals surface area contributed by atoms with Crippen molar-refractivity contribution in [1.82, 2.24) is 4.90 Å². The van der Waals surface area contributed by atoms with Crippen LogP contribution in [-0.2, 0) is 6.42 Å². The van der Waals surface area contributed by atoms with Gasteiger partial charge in [0.15, 0.2) is 0 Å². The summed E-state index contributed by atoms with van der Waals surface area (Å²) in [5.41, 5.74) is 2.70. The highest BCUT2D eigenvalue weighted by molar-refractivity contribution is 8.00. The average Bonchev–Trinajstić information content (AvgIpc) is 2.89. The molecule has 110 valence electrons. The van der Waals surface area contributed by atoms with Crippen molar-refractivity contribution in [2.45, 2.75) is 29.5 Å². The Hall–Kier alpha value is -0.960. The minimum atomic E-state index is 0.336. The van der Waals surface area contributed by atoms with Crippen molar-refractivity contribution >= 4 is 23.4 Å². The van der Waals surface area contributed by atoms with Crippen LogP contribution in [-0.4, -0.2) is 23.7 Å². The van der Waals surface area contributed by atoms with Crippen LogP contribution in [0, 0.1) is 0 Å². The summed E-state index contributed by atoms with van der Waals surface area (Å²) in [6.07, 6.45) is 1.17. The van der Waals surface area contributed by atoms with Crippen molar-refractivity contribution in [3.05, 3.63) is 64.7 Å². The Kier molecular flexibility index (Phi) is 4.58. The van der Waals surface area contributed by atoms with Gasteiger partial charge in [0.05, 0.1) is 0 Å². The predicted molar refractivity (Wildman–Crippen MR) is 92.3 cm³/mol. The lowest BCUT2D eigenvalue weighted by atomic mass is 10.1. The van der Waals surface area contributed by atoms with Crippen molar-refractivity contribution < 1.29 is 0 Å². The SMILES string of the molecule is CC(c1ccccc1Cl)N(C)CC1Cc2ccccc2S1. The molecule has 0 radical (unpaired) electrons. The van der Waals surface area contributed by atoms with E-state index in [1.807, 2.05) is 23.9 Å². The lowest BCUT2D eigenvalue weighted by Gasteiger charge is -2.28. The molecule has 0 saturated carbocycles. The molecule has 0 N–H and O–H groups in total. The zero-order chi connectivity index (χ0) is 14.8. The molecule has 0 aliphatic carbocycles. The van der Waals surface area contributed by atoms with Crippen molar-refractivity contribution in [3.63, 3.8) is 0 Å². The van der Waals surface area contributed by atoms with Gasteiger partial charge in [-0.2, -0.15) is 0 Å². The summed E-state index contributed by atoms with van der Waals surface area (Å²) < 4.78 is 0. The Morgan fingerprint density at radius 2 is 1.90 bits per heavy atom. The van der Waals surface area contributed by atoms with Gasteiger partial charge in [-0.1, -0.05) is 48.0 Å². The molecule has 3 heteroatoms. The number of thioether (sulfide) groups is 1. The highest BCUT2D eigenvalue weighted by Crippen LogP contribution is 2.38. The van der Waals surface area contributed by atoms with Gasteiger partial charge in [-0.05, 0) is 43.7 Å². The van der Waals surface area contributed by atoms with Crippen molar-refractivity contribution in [2.75, 3.05) is 13.6 Å². The van der Waals surface area contributed by atoms with Crippen LogP contribution < -0.4 is 0 Å². The molecular formula is C18H20ClNS. The number of fused-ring (bicyclic) bond motifs is 1. The zero-order valence-electron chi connectivity index (χ0n) is 12.4. The molecule has 1 heterocycles. The molecule has 0 saturated heterocycles. The fraction of sp³-hybridized carbons (Fsp3) is 0.333. The molecule has 2 aromatic rings. The molecular weight excluding hydrogens is 298 g/mol. The standard InChI is InChI=1S/C18H20ClNS/c1-13(16-8-4-5-9-17(16)19)20(2)12-15-11-14-7-3-6-10-18(14)21-15/h3-10,13,15H,11-12H2,1-2H3. The normalized spacial score (nSPS) is 18.8. The maximum atomic E-state index is 6.32. The Bertz CT molecular complexity index is 603. The van der Waals surface area contributed by atoms with Crippen LogP contribution in [0.1, 0.15) is 24.1 Å². The van der Waals surface area contributed by atoms with Gasteiger partial charge in [0.2, 0.25) is 0 Å². The molecule has 2 aromatic carbocycles. The first-order valence-electron chi connectivity index (χ1n) is 7.34. The van der Waals surface area contributed by atoms with Gasteiger partial charge >= 0.3 is 0 Å². The lowest BCUT2D eigenvalue weighted by molar-refractivity contribution is 0.262. The molecule has 0 bridgehead atoms. The maximum Gasteiger partial charge on any atom is 0.0453 e.